The molecule has 0 radical (unpaired) electrons. The number of hydrogen-bond donors (Lipinski definition) is 1. The van der Waals surface area contributed by atoms with Crippen LogP contribution in [0.4, 0.5) is 4.39 Å². The van der Waals surface area contributed by atoms with Crippen LogP contribution in [0.3, 0.4) is 0 Å². The number of hydrogen-bond acceptors (Lipinski definition) is 1. The van der Waals surface area contributed by atoms with Gasteiger partial charge in [0.15, 0.2) is 0 Å². The zero-order valence-corrected chi connectivity index (χ0v) is 14.6. The maximum atomic E-state index is 13.6. The molecule has 0 bridgehead atoms. The quantitative estimate of drug-likeness (QED) is 0.671. The Morgan fingerprint density at radius 3 is 2.15 bits per heavy atom. The zero-order valence-electron chi connectivity index (χ0n) is 13.1. The third kappa shape index (κ3) is 5.23. The van der Waals surface area contributed by atoms with Gasteiger partial charge in [0.05, 0.1) is 5.02 Å². The minimum atomic E-state index is -0.437. The van der Waals surface area contributed by atoms with Gasteiger partial charge in [-0.25, -0.2) is 4.39 Å². The van der Waals surface area contributed by atoms with Crippen molar-refractivity contribution in [3.05, 3.63) is 33.6 Å². The van der Waals surface area contributed by atoms with Gasteiger partial charge in [0.2, 0.25) is 0 Å². The van der Waals surface area contributed by atoms with Crippen LogP contribution in [-0.4, -0.2) is 5.54 Å². The normalized spacial score (nSPS) is 14.4. The number of nitrogens with one attached hydrogen (secondary N) is 1. The zero-order chi connectivity index (χ0) is 15.7. The van der Waals surface area contributed by atoms with E-state index in [4.69, 9.17) is 23.2 Å². The summed E-state index contributed by atoms with van der Waals surface area (Å²) in [6.07, 6.45) is 0.998. The van der Waals surface area contributed by atoms with Crippen LogP contribution in [0.25, 0.3) is 0 Å². The van der Waals surface area contributed by atoms with Gasteiger partial charge in [-0.05, 0) is 50.3 Å². The van der Waals surface area contributed by atoms with Crippen LogP contribution in [0.2, 0.25) is 10.0 Å². The maximum absolute atomic E-state index is 13.6. The topological polar surface area (TPSA) is 12.0 Å². The molecule has 0 amide bonds. The van der Waals surface area contributed by atoms with Crippen molar-refractivity contribution in [1.82, 2.24) is 5.32 Å². The third-order valence-corrected chi connectivity index (χ3v) is 3.70. The highest BCUT2D eigenvalue weighted by atomic mass is 35.5. The standard InChI is InChI=1S/C16H24Cl2FN/c1-10(20-16(5,6)9-15(2,3)4)11-7-14(19)13(18)8-12(11)17/h7-8,10,20H,9H2,1-6H3. The van der Waals surface area contributed by atoms with Crippen molar-refractivity contribution in [2.75, 3.05) is 0 Å². The molecule has 0 spiro atoms. The van der Waals surface area contributed by atoms with Crippen molar-refractivity contribution in [2.24, 2.45) is 5.41 Å². The lowest BCUT2D eigenvalue weighted by Gasteiger charge is -2.36. The summed E-state index contributed by atoms with van der Waals surface area (Å²) in [5.74, 6) is -0.437. The summed E-state index contributed by atoms with van der Waals surface area (Å²) in [5, 5.41) is 4.07. The summed E-state index contributed by atoms with van der Waals surface area (Å²) in [6, 6.07) is 2.82. The fourth-order valence-corrected chi connectivity index (χ4v) is 3.46. The van der Waals surface area contributed by atoms with Crippen molar-refractivity contribution >= 4 is 23.2 Å². The molecule has 0 aliphatic carbocycles. The van der Waals surface area contributed by atoms with Gasteiger partial charge >= 0.3 is 0 Å². The van der Waals surface area contributed by atoms with Crippen LogP contribution in [0.5, 0.6) is 0 Å². The van der Waals surface area contributed by atoms with Crippen molar-refractivity contribution < 1.29 is 4.39 Å². The van der Waals surface area contributed by atoms with Crippen molar-refractivity contribution in [1.29, 1.82) is 0 Å². The Labute approximate surface area is 131 Å². The average Bonchev–Trinajstić information content (AvgIpc) is 2.18. The van der Waals surface area contributed by atoms with Gasteiger partial charge in [-0.15, -0.1) is 0 Å². The van der Waals surface area contributed by atoms with Crippen LogP contribution >= 0.6 is 23.2 Å². The summed E-state index contributed by atoms with van der Waals surface area (Å²) < 4.78 is 13.6. The van der Waals surface area contributed by atoms with E-state index in [9.17, 15) is 4.39 Å². The number of benzene rings is 1. The minimum absolute atomic E-state index is 0.0494. The Bertz CT molecular complexity index is 478. The molecule has 1 atom stereocenters. The largest absolute Gasteiger partial charge is 0.305 e. The van der Waals surface area contributed by atoms with Crippen molar-refractivity contribution in [2.45, 2.75) is 59.5 Å². The molecule has 0 saturated heterocycles. The van der Waals surface area contributed by atoms with Gasteiger partial charge in [0, 0.05) is 16.6 Å². The monoisotopic (exact) mass is 319 g/mol. The third-order valence-electron chi connectivity index (χ3n) is 3.09. The first-order valence-electron chi connectivity index (χ1n) is 6.83. The number of rotatable bonds is 4. The molecule has 1 rings (SSSR count). The van der Waals surface area contributed by atoms with Crippen molar-refractivity contribution in [3.63, 3.8) is 0 Å². The van der Waals surface area contributed by atoms with Gasteiger partial charge in [0.25, 0.3) is 0 Å². The maximum Gasteiger partial charge on any atom is 0.142 e. The highest BCUT2D eigenvalue weighted by molar-refractivity contribution is 6.35. The summed E-state index contributed by atoms with van der Waals surface area (Å²) in [7, 11) is 0. The lowest BCUT2D eigenvalue weighted by atomic mass is 9.81. The molecule has 4 heteroatoms. The Kier molecular flexibility index (Phi) is 5.51. The second-order valence-electron chi connectivity index (χ2n) is 7.28. The molecule has 20 heavy (non-hydrogen) atoms. The van der Waals surface area contributed by atoms with Crippen molar-refractivity contribution in [3.8, 4) is 0 Å². The second-order valence-corrected chi connectivity index (χ2v) is 8.09. The van der Waals surface area contributed by atoms with Gasteiger partial charge in [-0.2, -0.15) is 0 Å². The van der Waals surface area contributed by atoms with E-state index in [2.05, 4.69) is 39.9 Å². The Balaban J connectivity index is 2.91. The fourth-order valence-electron chi connectivity index (χ4n) is 2.91. The van der Waals surface area contributed by atoms with Crippen LogP contribution in [-0.2, 0) is 0 Å². The van der Waals surface area contributed by atoms with Crippen LogP contribution in [0.15, 0.2) is 12.1 Å². The lowest BCUT2D eigenvalue weighted by molar-refractivity contribution is 0.226. The molecule has 1 aromatic rings. The number of halogens is 3. The van der Waals surface area contributed by atoms with E-state index >= 15 is 0 Å². The summed E-state index contributed by atoms with van der Waals surface area (Å²) >= 11 is 11.9. The second kappa shape index (κ2) is 6.21. The molecule has 114 valence electrons. The summed E-state index contributed by atoms with van der Waals surface area (Å²) in [6.45, 7) is 12.9. The van der Waals surface area contributed by atoms with Gasteiger partial charge in [0.1, 0.15) is 5.82 Å². The first-order valence-corrected chi connectivity index (χ1v) is 7.59. The van der Waals surface area contributed by atoms with E-state index < -0.39 is 5.82 Å². The van der Waals surface area contributed by atoms with Crippen LogP contribution in [0.1, 0.15) is 59.6 Å². The van der Waals surface area contributed by atoms with Gasteiger partial charge < -0.3 is 5.32 Å². The van der Waals surface area contributed by atoms with E-state index in [1.807, 2.05) is 6.92 Å². The molecule has 1 N–H and O–H groups in total. The Morgan fingerprint density at radius 2 is 1.65 bits per heavy atom. The molecule has 1 aromatic carbocycles. The molecular weight excluding hydrogens is 296 g/mol. The summed E-state index contributed by atoms with van der Waals surface area (Å²) in [4.78, 5) is 0. The Hall–Kier alpha value is -0.310. The molecule has 0 aliphatic rings. The van der Waals surface area contributed by atoms with Gasteiger partial charge in [-0.3, -0.25) is 0 Å². The predicted molar refractivity (Wildman–Crippen MR) is 86.1 cm³/mol. The summed E-state index contributed by atoms with van der Waals surface area (Å²) in [5.41, 5.74) is 0.873. The molecule has 0 heterocycles. The van der Waals surface area contributed by atoms with Crippen LogP contribution < -0.4 is 5.32 Å². The molecule has 0 aliphatic heterocycles. The first-order chi connectivity index (χ1) is 8.91. The fraction of sp³-hybridized carbons (Fsp3) is 0.625. The van der Waals surface area contributed by atoms with E-state index in [1.165, 1.54) is 12.1 Å². The van der Waals surface area contributed by atoms with E-state index in [0.29, 0.717) is 5.02 Å². The minimum Gasteiger partial charge on any atom is -0.305 e. The highest BCUT2D eigenvalue weighted by Crippen LogP contribution is 2.32. The van der Waals surface area contributed by atoms with E-state index in [-0.39, 0.29) is 22.0 Å². The molecule has 0 fully saturated rings. The molecule has 1 nitrogen and oxygen atoms in total. The molecular formula is C16H24Cl2FN. The smallest absolute Gasteiger partial charge is 0.142 e. The van der Waals surface area contributed by atoms with E-state index in [1.54, 1.807) is 0 Å². The van der Waals surface area contributed by atoms with Gasteiger partial charge in [-0.1, -0.05) is 44.0 Å². The first kappa shape index (κ1) is 17.7. The Morgan fingerprint density at radius 1 is 1.10 bits per heavy atom. The molecule has 0 saturated carbocycles. The predicted octanol–water partition coefficient (Wildman–Crippen LogP) is 6.00. The molecule has 0 aromatic heterocycles. The van der Waals surface area contributed by atoms with Crippen LogP contribution in [0, 0.1) is 11.2 Å². The van der Waals surface area contributed by atoms with E-state index in [0.717, 1.165) is 12.0 Å². The molecule has 1 unspecified atom stereocenters. The highest BCUT2D eigenvalue weighted by Gasteiger charge is 2.27. The lowest BCUT2D eigenvalue weighted by Crippen LogP contribution is -2.43. The average molecular weight is 320 g/mol. The SMILES string of the molecule is CC(NC(C)(C)CC(C)(C)C)c1cc(F)c(Cl)cc1Cl.